The van der Waals surface area contributed by atoms with Gasteiger partial charge < -0.3 is 4.57 Å². The van der Waals surface area contributed by atoms with Gasteiger partial charge in [-0.25, -0.2) is 0 Å². The molecule has 0 aliphatic carbocycles. The number of hydrogen-bond donors (Lipinski definition) is 0. The van der Waals surface area contributed by atoms with Crippen LogP contribution >= 0.6 is 11.6 Å². The maximum Gasteiger partial charge on any atom is 0.163 e. The molecule has 14 heavy (non-hydrogen) atoms. The normalized spacial score (nSPS) is 10.4. The SMILES string of the molecule is Cn1c(CCl)nnc1-c1ccccc1. The van der Waals surface area contributed by atoms with Crippen molar-refractivity contribution < 1.29 is 0 Å². The number of benzene rings is 1. The van der Waals surface area contributed by atoms with Crippen molar-refractivity contribution in [3.63, 3.8) is 0 Å². The molecule has 3 nitrogen and oxygen atoms in total. The first-order chi connectivity index (χ1) is 6.83. The van der Waals surface area contributed by atoms with Crippen LogP contribution in [0.25, 0.3) is 11.4 Å². The van der Waals surface area contributed by atoms with E-state index < -0.39 is 0 Å². The van der Waals surface area contributed by atoms with Gasteiger partial charge in [0.1, 0.15) is 5.82 Å². The number of alkyl halides is 1. The van der Waals surface area contributed by atoms with Gasteiger partial charge in [-0.2, -0.15) is 0 Å². The first-order valence-corrected chi connectivity index (χ1v) is 4.86. The van der Waals surface area contributed by atoms with Crippen LogP contribution in [0.3, 0.4) is 0 Å². The molecule has 0 aliphatic heterocycles. The quantitative estimate of drug-likeness (QED) is 0.707. The Morgan fingerprint density at radius 3 is 2.50 bits per heavy atom. The largest absolute Gasteiger partial charge is 0.313 e. The van der Waals surface area contributed by atoms with E-state index in [-0.39, 0.29) is 0 Å². The van der Waals surface area contributed by atoms with Crippen molar-refractivity contribution in [1.29, 1.82) is 0 Å². The molecule has 0 saturated carbocycles. The number of rotatable bonds is 2. The third kappa shape index (κ3) is 1.51. The van der Waals surface area contributed by atoms with E-state index in [2.05, 4.69) is 10.2 Å². The van der Waals surface area contributed by atoms with Crippen LogP contribution in [0.5, 0.6) is 0 Å². The highest BCUT2D eigenvalue weighted by molar-refractivity contribution is 6.16. The van der Waals surface area contributed by atoms with Crippen LogP contribution in [0.15, 0.2) is 30.3 Å². The van der Waals surface area contributed by atoms with E-state index in [1.807, 2.05) is 41.9 Å². The molecule has 0 spiro atoms. The van der Waals surface area contributed by atoms with Crippen LogP contribution < -0.4 is 0 Å². The Balaban J connectivity index is 2.48. The number of halogens is 1. The molecule has 0 radical (unpaired) electrons. The minimum atomic E-state index is 0.385. The summed E-state index contributed by atoms with van der Waals surface area (Å²) in [5, 5.41) is 8.08. The van der Waals surface area contributed by atoms with E-state index in [1.54, 1.807) is 0 Å². The van der Waals surface area contributed by atoms with Gasteiger partial charge in [0.15, 0.2) is 5.82 Å². The first-order valence-electron chi connectivity index (χ1n) is 4.32. The third-order valence-electron chi connectivity index (χ3n) is 2.12. The average molecular weight is 208 g/mol. The van der Waals surface area contributed by atoms with E-state index in [0.717, 1.165) is 17.2 Å². The topological polar surface area (TPSA) is 30.7 Å². The Morgan fingerprint density at radius 1 is 1.21 bits per heavy atom. The molecule has 1 aromatic heterocycles. The molecule has 1 aromatic carbocycles. The maximum atomic E-state index is 5.71. The van der Waals surface area contributed by atoms with Gasteiger partial charge in [0.05, 0.1) is 5.88 Å². The summed E-state index contributed by atoms with van der Waals surface area (Å²) in [4.78, 5) is 0. The molecule has 0 saturated heterocycles. The van der Waals surface area contributed by atoms with Crippen LogP contribution in [0.4, 0.5) is 0 Å². The van der Waals surface area contributed by atoms with Crippen molar-refractivity contribution in [1.82, 2.24) is 14.8 Å². The van der Waals surface area contributed by atoms with Crippen LogP contribution in [0.2, 0.25) is 0 Å². The van der Waals surface area contributed by atoms with Crippen LogP contribution in [-0.4, -0.2) is 14.8 Å². The minimum absolute atomic E-state index is 0.385. The van der Waals surface area contributed by atoms with E-state index in [9.17, 15) is 0 Å². The lowest BCUT2D eigenvalue weighted by atomic mass is 10.2. The van der Waals surface area contributed by atoms with Crippen molar-refractivity contribution in [2.75, 3.05) is 0 Å². The molecule has 1 heterocycles. The van der Waals surface area contributed by atoms with Gasteiger partial charge in [0, 0.05) is 12.6 Å². The van der Waals surface area contributed by atoms with Gasteiger partial charge in [-0.3, -0.25) is 0 Å². The van der Waals surface area contributed by atoms with Crippen LogP contribution in [-0.2, 0) is 12.9 Å². The Hall–Kier alpha value is -1.35. The maximum absolute atomic E-state index is 5.71. The van der Waals surface area contributed by atoms with E-state index >= 15 is 0 Å². The summed E-state index contributed by atoms with van der Waals surface area (Å²) >= 11 is 5.71. The summed E-state index contributed by atoms with van der Waals surface area (Å²) in [6, 6.07) is 9.93. The second-order valence-corrected chi connectivity index (χ2v) is 3.27. The fraction of sp³-hybridized carbons (Fsp3) is 0.200. The lowest BCUT2D eigenvalue weighted by Crippen LogP contribution is -1.96. The fourth-order valence-corrected chi connectivity index (χ4v) is 1.55. The van der Waals surface area contributed by atoms with E-state index in [0.29, 0.717) is 5.88 Å². The summed E-state index contributed by atoms with van der Waals surface area (Å²) in [5.41, 5.74) is 1.05. The van der Waals surface area contributed by atoms with Gasteiger partial charge in [-0.05, 0) is 0 Å². The van der Waals surface area contributed by atoms with Crippen molar-refractivity contribution in [2.45, 2.75) is 5.88 Å². The standard InChI is InChI=1S/C10H10ClN3/c1-14-9(7-11)12-13-10(14)8-5-3-2-4-6-8/h2-6H,7H2,1H3. The highest BCUT2D eigenvalue weighted by Gasteiger charge is 2.08. The molecule has 4 heteroatoms. The summed E-state index contributed by atoms with van der Waals surface area (Å²) in [6.07, 6.45) is 0. The molecule has 0 N–H and O–H groups in total. The van der Waals surface area contributed by atoms with Crippen LogP contribution in [0, 0.1) is 0 Å². The van der Waals surface area contributed by atoms with Crippen molar-refractivity contribution in [3.05, 3.63) is 36.2 Å². The molecule has 0 fully saturated rings. The number of hydrogen-bond acceptors (Lipinski definition) is 2. The summed E-state index contributed by atoms with van der Waals surface area (Å²) in [5.74, 6) is 2.02. The lowest BCUT2D eigenvalue weighted by molar-refractivity contribution is 0.853. The molecule has 72 valence electrons. The first kappa shape index (κ1) is 9.21. The number of aromatic nitrogens is 3. The molecule has 0 aliphatic rings. The zero-order valence-electron chi connectivity index (χ0n) is 7.81. The molecule has 0 atom stereocenters. The molecule has 0 bridgehead atoms. The van der Waals surface area contributed by atoms with E-state index in [1.165, 1.54) is 0 Å². The Labute approximate surface area is 87.3 Å². The molecular weight excluding hydrogens is 198 g/mol. The Morgan fingerprint density at radius 2 is 1.93 bits per heavy atom. The van der Waals surface area contributed by atoms with Gasteiger partial charge in [0.2, 0.25) is 0 Å². The molecule has 2 rings (SSSR count). The molecule has 2 aromatic rings. The summed E-state index contributed by atoms with van der Waals surface area (Å²) in [7, 11) is 1.92. The van der Waals surface area contributed by atoms with Gasteiger partial charge >= 0.3 is 0 Å². The average Bonchev–Trinajstić information content (AvgIpc) is 2.61. The van der Waals surface area contributed by atoms with Gasteiger partial charge in [-0.15, -0.1) is 21.8 Å². The second kappa shape index (κ2) is 3.80. The fourth-order valence-electron chi connectivity index (χ4n) is 1.32. The van der Waals surface area contributed by atoms with Gasteiger partial charge in [-0.1, -0.05) is 30.3 Å². The van der Waals surface area contributed by atoms with Crippen LogP contribution in [0.1, 0.15) is 5.82 Å². The third-order valence-corrected chi connectivity index (χ3v) is 2.36. The van der Waals surface area contributed by atoms with E-state index in [4.69, 9.17) is 11.6 Å². The Kier molecular flexibility index (Phi) is 2.50. The van der Waals surface area contributed by atoms with Crippen molar-refractivity contribution >= 4 is 11.6 Å². The second-order valence-electron chi connectivity index (χ2n) is 3.00. The predicted octanol–water partition coefficient (Wildman–Crippen LogP) is 2.22. The zero-order chi connectivity index (χ0) is 9.97. The molecular formula is C10H10ClN3. The number of nitrogens with zero attached hydrogens (tertiary/aromatic N) is 3. The van der Waals surface area contributed by atoms with Crippen molar-refractivity contribution in [2.24, 2.45) is 7.05 Å². The van der Waals surface area contributed by atoms with Gasteiger partial charge in [0.25, 0.3) is 0 Å². The lowest BCUT2D eigenvalue weighted by Gasteiger charge is -2.01. The summed E-state index contributed by atoms with van der Waals surface area (Å²) < 4.78 is 1.91. The predicted molar refractivity (Wildman–Crippen MR) is 56.0 cm³/mol. The highest BCUT2D eigenvalue weighted by Crippen LogP contribution is 2.16. The zero-order valence-corrected chi connectivity index (χ0v) is 8.57. The Bertz CT molecular complexity index is 422. The minimum Gasteiger partial charge on any atom is -0.313 e. The summed E-state index contributed by atoms with van der Waals surface area (Å²) in [6.45, 7) is 0. The monoisotopic (exact) mass is 207 g/mol. The van der Waals surface area contributed by atoms with Crippen molar-refractivity contribution in [3.8, 4) is 11.4 Å². The smallest absolute Gasteiger partial charge is 0.163 e. The molecule has 0 unspecified atom stereocenters. The highest BCUT2D eigenvalue weighted by atomic mass is 35.5. The molecule has 0 amide bonds.